The van der Waals surface area contributed by atoms with E-state index in [-0.39, 0.29) is 23.4 Å². The number of benzene rings is 4. The minimum atomic E-state index is -4.16. The van der Waals surface area contributed by atoms with Gasteiger partial charge in [0.15, 0.2) is 0 Å². The predicted octanol–water partition coefficient (Wildman–Crippen LogP) is 6.96. The van der Waals surface area contributed by atoms with Crippen LogP contribution in [0.3, 0.4) is 0 Å². The van der Waals surface area contributed by atoms with Crippen LogP contribution in [0.15, 0.2) is 112 Å². The summed E-state index contributed by atoms with van der Waals surface area (Å²) >= 11 is 3.46. The standard InChI is InChI=1S/C37H40BrN3O4S/c1-27-19-21-34(22-20-27)46(44,45)41(33-18-10-15-31(38)24-33)26-36(42)40(25-30-14-7-6-11-28(30)2)35(23-29-12-4-3-5-13-29)37(43)39-32-16-8-9-17-32/h3-7,10-15,18-22,24,32,35H,8-9,16-17,23,25-26H2,1-2H3,(H,39,43)/t35-/m1/s1. The second-order valence-electron chi connectivity index (χ2n) is 11.9. The summed E-state index contributed by atoms with van der Waals surface area (Å²) in [5, 5.41) is 3.22. The van der Waals surface area contributed by atoms with Crippen molar-refractivity contribution in [1.29, 1.82) is 0 Å². The molecule has 0 radical (unpaired) electrons. The maximum atomic E-state index is 14.7. The summed E-state index contributed by atoms with van der Waals surface area (Å²) in [4.78, 5) is 30.4. The highest BCUT2D eigenvalue weighted by Gasteiger charge is 2.35. The number of aryl methyl sites for hydroxylation is 2. The average Bonchev–Trinajstić information content (AvgIpc) is 3.56. The number of carbonyl (C=O) groups excluding carboxylic acids is 2. The van der Waals surface area contributed by atoms with Gasteiger partial charge in [-0.05, 0) is 73.7 Å². The van der Waals surface area contributed by atoms with Gasteiger partial charge in [-0.2, -0.15) is 0 Å². The average molecular weight is 703 g/mol. The second kappa shape index (κ2) is 15.1. The third-order valence-electron chi connectivity index (χ3n) is 8.56. The van der Waals surface area contributed by atoms with E-state index in [4.69, 9.17) is 0 Å². The predicted molar refractivity (Wildman–Crippen MR) is 186 cm³/mol. The topological polar surface area (TPSA) is 86.8 Å². The van der Waals surface area contributed by atoms with Crippen molar-refractivity contribution in [2.24, 2.45) is 0 Å². The van der Waals surface area contributed by atoms with Crippen molar-refractivity contribution in [2.75, 3.05) is 10.8 Å². The van der Waals surface area contributed by atoms with Crippen molar-refractivity contribution < 1.29 is 18.0 Å². The number of sulfonamides is 1. The largest absolute Gasteiger partial charge is 0.352 e. The maximum Gasteiger partial charge on any atom is 0.264 e. The first-order chi connectivity index (χ1) is 22.1. The van der Waals surface area contributed by atoms with Crippen LogP contribution in [0, 0.1) is 13.8 Å². The van der Waals surface area contributed by atoms with E-state index in [2.05, 4.69) is 21.2 Å². The Labute approximate surface area is 280 Å². The van der Waals surface area contributed by atoms with E-state index < -0.39 is 28.5 Å². The molecule has 2 amide bonds. The number of anilines is 1. The number of halogens is 1. The summed E-state index contributed by atoms with van der Waals surface area (Å²) in [7, 11) is -4.16. The van der Waals surface area contributed by atoms with E-state index in [1.165, 1.54) is 0 Å². The molecule has 0 aromatic heterocycles. The second-order valence-corrected chi connectivity index (χ2v) is 14.7. The third kappa shape index (κ3) is 8.25. The molecule has 5 rings (SSSR count). The van der Waals surface area contributed by atoms with Crippen LogP contribution in [0.2, 0.25) is 0 Å². The van der Waals surface area contributed by atoms with E-state index in [0.717, 1.165) is 52.2 Å². The Morgan fingerprint density at radius 1 is 0.870 bits per heavy atom. The lowest BCUT2D eigenvalue weighted by atomic mass is 10.0. The first-order valence-corrected chi connectivity index (χ1v) is 17.9. The Balaban J connectivity index is 1.57. The molecule has 0 spiro atoms. The molecule has 4 aromatic carbocycles. The Morgan fingerprint density at radius 3 is 2.22 bits per heavy atom. The molecular weight excluding hydrogens is 662 g/mol. The number of carbonyl (C=O) groups is 2. The molecule has 0 saturated heterocycles. The van der Waals surface area contributed by atoms with Gasteiger partial charge >= 0.3 is 0 Å². The Hall–Kier alpha value is -3.95. The van der Waals surface area contributed by atoms with Gasteiger partial charge in [-0.15, -0.1) is 0 Å². The first-order valence-electron chi connectivity index (χ1n) is 15.6. The Morgan fingerprint density at radius 2 is 1.54 bits per heavy atom. The molecule has 1 aliphatic carbocycles. The highest BCUT2D eigenvalue weighted by molar-refractivity contribution is 9.10. The molecule has 0 heterocycles. The van der Waals surface area contributed by atoms with Crippen LogP contribution in [-0.2, 0) is 32.6 Å². The molecule has 7 nitrogen and oxygen atoms in total. The summed E-state index contributed by atoms with van der Waals surface area (Å²) in [5.74, 6) is -0.700. The van der Waals surface area contributed by atoms with Gasteiger partial charge < -0.3 is 10.2 Å². The van der Waals surface area contributed by atoms with Crippen molar-refractivity contribution in [3.63, 3.8) is 0 Å². The molecule has 4 aromatic rings. The van der Waals surface area contributed by atoms with Crippen molar-refractivity contribution in [1.82, 2.24) is 10.2 Å². The summed E-state index contributed by atoms with van der Waals surface area (Å²) < 4.78 is 30.2. The quantitative estimate of drug-likeness (QED) is 0.173. The van der Waals surface area contributed by atoms with Crippen LogP contribution < -0.4 is 9.62 Å². The summed E-state index contributed by atoms with van der Waals surface area (Å²) in [6.45, 7) is 3.52. The Bertz CT molecular complexity index is 1760. The first kappa shape index (κ1) is 33.4. The smallest absolute Gasteiger partial charge is 0.264 e. The zero-order chi connectivity index (χ0) is 32.7. The van der Waals surface area contributed by atoms with E-state index >= 15 is 0 Å². The van der Waals surface area contributed by atoms with E-state index in [1.807, 2.05) is 68.4 Å². The third-order valence-corrected chi connectivity index (χ3v) is 10.8. The molecule has 240 valence electrons. The van der Waals surface area contributed by atoms with Crippen molar-refractivity contribution in [3.05, 3.63) is 130 Å². The van der Waals surface area contributed by atoms with Gasteiger partial charge in [0.1, 0.15) is 12.6 Å². The highest BCUT2D eigenvalue weighted by atomic mass is 79.9. The van der Waals surface area contributed by atoms with Gasteiger partial charge in [0.05, 0.1) is 10.6 Å². The van der Waals surface area contributed by atoms with Crippen LogP contribution in [0.5, 0.6) is 0 Å². The maximum absolute atomic E-state index is 14.7. The SMILES string of the molecule is Cc1ccc(S(=O)(=O)N(CC(=O)N(Cc2ccccc2C)[C@H](Cc2ccccc2)C(=O)NC2CCCC2)c2cccc(Br)c2)cc1. The minimum Gasteiger partial charge on any atom is -0.352 e. The fraction of sp³-hybridized carbons (Fsp3) is 0.297. The zero-order valence-electron chi connectivity index (χ0n) is 26.2. The van der Waals surface area contributed by atoms with Crippen LogP contribution in [0.25, 0.3) is 0 Å². The molecule has 46 heavy (non-hydrogen) atoms. The van der Waals surface area contributed by atoms with Gasteiger partial charge in [0.2, 0.25) is 11.8 Å². The molecule has 0 bridgehead atoms. The fourth-order valence-electron chi connectivity index (χ4n) is 5.89. The number of hydrogen-bond acceptors (Lipinski definition) is 4. The number of amides is 2. The molecule has 1 N–H and O–H groups in total. The monoisotopic (exact) mass is 701 g/mol. The van der Waals surface area contributed by atoms with Gasteiger partial charge in [-0.1, -0.05) is 107 Å². The van der Waals surface area contributed by atoms with Crippen molar-refractivity contribution in [3.8, 4) is 0 Å². The normalized spacial score (nSPS) is 14.1. The molecule has 0 unspecified atom stereocenters. The molecule has 0 aliphatic heterocycles. The number of nitrogens with one attached hydrogen (secondary N) is 1. The zero-order valence-corrected chi connectivity index (χ0v) is 28.6. The lowest BCUT2D eigenvalue weighted by molar-refractivity contribution is -0.140. The summed E-state index contributed by atoms with van der Waals surface area (Å²) in [6, 6.07) is 30.1. The number of rotatable bonds is 12. The molecule has 1 saturated carbocycles. The summed E-state index contributed by atoms with van der Waals surface area (Å²) in [6.07, 6.45) is 4.21. The van der Waals surface area contributed by atoms with Crippen LogP contribution in [-0.4, -0.2) is 43.8 Å². The molecule has 9 heteroatoms. The van der Waals surface area contributed by atoms with Crippen molar-refractivity contribution in [2.45, 2.75) is 69.5 Å². The lowest BCUT2D eigenvalue weighted by Crippen LogP contribution is -2.54. The minimum absolute atomic E-state index is 0.0567. The molecule has 1 fully saturated rings. The van der Waals surface area contributed by atoms with Crippen molar-refractivity contribution >= 4 is 43.5 Å². The summed E-state index contributed by atoms with van der Waals surface area (Å²) in [5.41, 5.74) is 4.04. The van der Waals surface area contributed by atoms with Gasteiger partial charge in [0.25, 0.3) is 10.0 Å². The number of nitrogens with zero attached hydrogens (tertiary/aromatic N) is 2. The van der Waals surface area contributed by atoms with E-state index in [0.29, 0.717) is 16.6 Å². The highest BCUT2D eigenvalue weighted by Crippen LogP contribution is 2.28. The molecular formula is C37H40BrN3O4S. The van der Waals surface area contributed by atoms with E-state index in [9.17, 15) is 18.0 Å². The molecule has 1 atom stereocenters. The van der Waals surface area contributed by atoms with Gasteiger partial charge in [-0.3, -0.25) is 13.9 Å². The number of hydrogen-bond donors (Lipinski definition) is 1. The van der Waals surface area contributed by atoms with Gasteiger partial charge in [0, 0.05) is 23.5 Å². The molecule has 1 aliphatic rings. The van der Waals surface area contributed by atoms with Gasteiger partial charge in [-0.25, -0.2) is 8.42 Å². The van der Waals surface area contributed by atoms with Crippen LogP contribution >= 0.6 is 15.9 Å². The van der Waals surface area contributed by atoms with E-state index in [1.54, 1.807) is 53.4 Å². The van der Waals surface area contributed by atoms with Crippen LogP contribution in [0.1, 0.15) is 47.9 Å². The fourth-order valence-corrected chi connectivity index (χ4v) is 7.68. The Kier molecular flexibility index (Phi) is 11.0. The van der Waals surface area contributed by atoms with Crippen LogP contribution in [0.4, 0.5) is 5.69 Å². The lowest BCUT2D eigenvalue weighted by Gasteiger charge is -2.34.